The van der Waals surface area contributed by atoms with Crippen molar-refractivity contribution in [2.75, 3.05) is 11.9 Å². The number of hydrogen-bond acceptors (Lipinski definition) is 4. The normalized spacial score (nSPS) is 18.0. The van der Waals surface area contributed by atoms with Gasteiger partial charge in [-0.3, -0.25) is 14.5 Å². The molecule has 0 unspecified atom stereocenters. The smallest absolute Gasteiger partial charge is 0.242 e. The van der Waals surface area contributed by atoms with Crippen LogP contribution in [0.1, 0.15) is 30.9 Å². The van der Waals surface area contributed by atoms with Gasteiger partial charge in [-0.25, -0.2) is 4.99 Å². The molecule has 3 rings (SSSR count). The molecule has 0 bridgehead atoms. The molecule has 2 amide bonds. The fourth-order valence-electron chi connectivity index (χ4n) is 3.05. The summed E-state index contributed by atoms with van der Waals surface area (Å²) in [5.74, 6) is -0.202. The summed E-state index contributed by atoms with van der Waals surface area (Å²) < 4.78 is 0. The summed E-state index contributed by atoms with van der Waals surface area (Å²) in [6, 6.07) is 15.5. The highest BCUT2D eigenvalue weighted by Crippen LogP contribution is 2.32. The minimum Gasteiger partial charge on any atom is -0.326 e. The molecule has 1 aliphatic heterocycles. The van der Waals surface area contributed by atoms with E-state index in [2.05, 4.69) is 10.3 Å². The van der Waals surface area contributed by atoms with Gasteiger partial charge in [0.1, 0.15) is 5.25 Å². The number of anilines is 1. The van der Waals surface area contributed by atoms with Crippen LogP contribution >= 0.6 is 11.8 Å². The number of thioether (sulfide) groups is 1. The predicted molar refractivity (Wildman–Crippen MR) is 116 cm³/mol. The van der Waals surface area contributed by atoms with Gasteiger partial charge in [0.15, 0.2) is 5.17 Å². The fourth-order valence-corrected chi connectivity index (χ4v) is 4.23. The van der Waals surface area contributed by atoms with Crippen molar-refractivity contribution in [3.63, 3.8) is 0 Å². The summed E-state index contributed by atoms with van der Waals surface area (Å²) in [5.41, 5.74) is 3.71. The van der Waals surface area contributed by atoms with E-state index in [0.717, 1.165) is 28.9 Å². The molecule has 1 heterocycles. The van der Waals surface area contributed by atoms with Gasteiger partial charge in [0.05, 0.1) is 5.69 Å². The number of amidine groups is 1. The van der Waals surface area contributed by atoms with Crippen molar-refractivity contribution in [1.29, 1.82) is 0 Å². The quantitative estimate of drug-likeness (QED) is 0.773. The molecule has 0 spiro atoms. The van der Waals surface area contributed by atoms with Gasteiger partial charge in [-0.15, -0.1) is 0 Å². The van der Waals surface area contributed by atoms with Crippen LogP contribution in [-0.2, 0) is 9.59 Å². The minimum atomic E-state index is -0.445. The number of hydrogen-bond donors (Lipinski definition) is 1. The molecular formula is C22H25N3O2S. The predicted octanol–water partition coefficient (Wildman–Crippen LogP) is 4.67. The SMILES string of the molecule is CCCN1C(=O)[C@@H](CC(=O)Nc2ccccc2C)SC1=Nc1cccc(C)c1. The standard InChI is InChI=1S/C22H25N3O2S/c1-4-12-25-21(27)19(14-20(26)24-18-11-6-5-9-16(18)3)28-22(25)23-17-10-7-8-15(2)13-17/h5-11,13,19H,4,12,14H2,1-3H3,(H,24,26)/t19-/m1/s1. The molecule has 2 aromatic carbocycles. The Morgan fingerprint density at radius 3 is 2.68 bits per heavy atom. The van der Waals surface area contributed by atoms with E-state index in [1.54, 1.807) is 4.90 Å². The van der Waals surface area contributed by atoms with Crippen LogP contribution in [-0.4, -0.2) is 33.7 Å². The molecule has 6 heteroatoms. The molecule has 1 aliphatic rings. The van der Waals surface area contributed by atoms with Crippen LogP contribution in [0.4, 0.5) is 11.4 Å². The molecule has 1 saturated heterocycles. The number of carbonyl (C=O) groups excluding carboxylic acids is 2. The lowest BCUT2D eigenvalue weighted by Gasteiger charge is -2.15. The highest BCUT2D eigenvalue weighted by Gasteiger charge is 2.38. The third-order valence-electron chi connectivity index (χ3n) is 4.48. The van der Waals surface area contributed by atoms with E-state index in [4.69, 9.17) is 0 Å². The first-order chi connectivity index (χ1) is 13.5. The number of nitrogens with one attached hydrogen (secondary N) is 1. The minimum absolute atomic E-state index is 0.0433. The largest absolute Gasteiger partial charge is 0.326 e. The Kier molecular flexibility index (Phi) is 6.52. The van der Waals surface area contributed by atoms with Crippen molar-refractivity contribution in [3.8, 4) is 0 Å². The Hall–Kier alpha value is -2.60. The summed E-state index contributed by atoms with van der Waals surface area (Å²) in [5, 5.41) is 3.14. The van der Waals surface area contributed by atoms with E-state index >= 15 is 0 Å². The van der Waals surface area contributed by atoms with Crippen molar-refractivity contribution in [2.24, 2.45) is 4.99 Å². The van der Waals surface area contributed by atoms with Crippen LogP contribution in [0.3, 0.4) is 0 Å². The summed E-state index contributed by atoms with van der Waals surface area (Å²) in [6.07, 6.45) is 0.964. The highest BCUT2D eigenvalue weighted by atomic mass is 32.2. The third kappa shape index (κ3) is 4.81. The van der Waals surface area contributed by atoms with Crippen molar-refractivity contribution in [1.82, 2.24) is 4.90 Å². The number of benzene rings is 2. The second-order valence-corrected chi connectivity index (χ2v) is 8.07. The van der Waals surface area contributed by atoms with E-state index in [1.165, 1.54) is 11.8 Å². The fraction of sp³-hybridized carbons (Fsp3) is 0.318. The van der Waals surface area contributed by atoms with E-state index in [9.17, 15) is 9.59 Å². The van der Waals surface area contributed by atoms with Crippen LogP contribution in [0.25, 0.3) is 0 Å². The maximum atomic E-state index is 12.9. The third-order valence-corrected chi connectivity index (χ3v) is 5.66. The number of aliphatic imine (C=N–C) groups is 1. The zero-order chi connectivity index (χ0) is 20.1. The average Bonchev–Trinajstić information content (AvgIpc) is 2.93. The number of rotatable bonds is 6. The van der Waals surface area contributed by atoms with E-state index in [0.29, 0.717) is 11.7 Å². The van der Waals surface area contributed by atoms with E-state index < -0.39 is 5.25 Å². The first-order valence-corrected chi connectivity index (χ1v) is 10.3. The maximum absolute atomic E-state index is 12.9. The van der Waals surface area contributed by atoms with Gasteiger partial charge in [0.25, 0.3) is 0 Å². The van der Waals surface area contributed by atoms with Crippen LogP contribution in [0.15, 0.2) is 53.5 Å². The molecule has 2 aromatic rings. The summed E-state index contributed by atoms with van der Waals surface area (Å²) in [7, 11) is 0. The van der Waals surface area contributed by atoms with Crippen molar-refractivity contribution in [2.45, 2.75) is 38.9 Å². The van der Waals surface area contributed by atoms with Gasteiger partial charge < -0.3 is 5.32 Å². The first-order valence-electron chi connectivity index (χ1n) is 9.47. The van der Waals surface area contributed by atoms with E-state index in [-0.39, 0.29) is 18.2 Å². The van der Waals surface area contributed by atoms with Crippen LogP contribution < -0.4 is 5.32 Å². The Balaban J connectivity index is 1.74. The number of carbonyl (C=O) groups is 2. The van der Waals surface area contributed by atoms with Gasteiger partial charge in [-0.05, 0) is 49.6 Å². The van der Waals surface area contributed by atoms with Gasteiger partial charge in [-0.1, -0.05) is 49.0 Å². The first kappa shape index (κ1) is 20.1. The Morgan fingerprint density at radius 1 is 1.18 bits per heavy atom. The Bertz CT molecular complexity index is 910. The molecule has 1 atom stereocenters. The van der Waals surface area contributed by atoms with Gasteiger partial charge in [0.2, 0.25) is 11.8 Å². The van der Waals surface area contributed by atoms with Crippen LogP contribution in [0, 0.1) is 13.8 Å². The summed E-state index contributed by atoms with van der Waals surface area (Å²) in [4.78, 5) is 31.8. The van der Waals surface area contributed by atoms with Gasteiger partial charge >= 0.3 is 0 Å². The Morgan fingerprint density at radius 2 is 1.96 bits per heavy atom. The molecule has 0 radical (unpaired) electrons. The van der Waals surface area contributed by atoms with Gasteiger partial charge in [0, 0.05) is 18.7 Å². The molecule has 0 aromatic heterocycles. The molecule has 1 fully saturated rings. The lowest BCUT2D eigenvalue weighted by molar-refractivity contribution is -0.128. The summed E-state index contributed by atoms with van der Waals surface area (Å²) in [6.45, 7) is 6.59. The van der Waals surface area contributed by atoms with Crippen molar-refractivity contribution >= 4 is 40.1 Å². The number of amides is 2. The van der Waals surface area contributed by atoms with Crippen LogP contribution in [0.5, 0.6) is 0 Å². The van der Waals surface area contributed by atoms with Gasteiger partial charge in [-0.2, -0.15) is 0 Å². The number of aryl methyl sites for hydroxylation is 2. The highest BCUT2D eigenvalue weighted by molar-refractivity contribution is 8.15. The molecule has 146 valence electrons. The van der Waals surface area contributed by atoms with Crippen molar-refractivity contribution in [3.05, 3.63) is 59.7 Å². The molecular weight excluding hydrogens is 370 g/mol. The number of nitrogens with zero attached hydrogens (tertiary/aromatic N) is 2. The molecule has 0 aliphatic carbocycles. The zero-order valence-electron chi connectivity index (χ0n) is 16.4. The maximum Gasteiger partial charge on any atom is 0.242 e. The lowest BCUT2D eigenvalue weighted by atomic mass is 10.2. The Labute approximate surface area is 170 Å². The second-order valence-electron chi connectivity index (χ2n) is 6.90. The zero-order valence-corrected chi connectivity index (χ0v) is 17.3. The average molecular weight is 396 g/mol. The topological polar surface area (TPSA) is 61.8 Å². The monoisotopic (exact) mass is 395 g/mol. The second kappa shape index (κ2) is 9.06. The van der Waals surface area contributed by atoms with E-state index in [1.807, 2.05) is 69.3 Å². The van der Waals surface area contributed by atoms with Crippen LogP contribution in [0.2, 0.25) is 0 Å². The molecule has 0 saturated carbocycles. The molecule has 5 nitrogen and oxygen atoms in total. The number of para-hydroxylation sites is 1. The molecule has 28 heavy (non-hydrogen) atoms. The lowest BCUT2D eigenvalue weighted by Crippen LogP contribution is -2.34. The molecule has 1 N–H and O–H groups in total. The summed E-state index contributed by atoms with van der Waals surface area (Å²) >= 11 is 1.38. The van der Waals surface area contributed by atoms with Crippen molar-refractivity contribution < 1.29 is 9.59 Å².